The predicted molar refractivity (Wildman–Crippen MR) is 98.6 cm³/mol. The molecule has 0 aromatic heterocycles. The van der Waals surface area contributed by atoms with Crippen LogP contribution in [-0.4, -0.2) is 25.5 Å². The molecule has 134 valence electrons. The lowest BCUT2D eigenvalue weighted by molar-refractivity contribution is -0.121. The highest BCUT2D eigenvalue weighted by Crippen LogP contribution is 2.16. The van der Waals surface area contributed by atoms with Gasteiger partial charge in [0.25, 0.3) is 0 Å². The lowest BCUT2D eigenvalue weighted by atomic mass is 10.2. The van der Waals surface area contributed by atoms with E-state index >= 15 is 0 Å². The smallest absolute Gasteiger partial charge is 0.223 e. The van der Waals surface area contributed by atoms with Crippen molar-refractivity contribution >= 4 is 17.5 Å². The average molecular weight is 351 g/mol. The zero-order valence-corrected chi connectivity index (χ0v) is 14.9. The summed E-state index contributed by atoms with van der Waals surface area (Å²) in [7, 11) is 1.60. The molecule has 0 aliphatic heterocycles. The topological polar surface area (TPSA) is 82.4 Å². The van der Waals surface area contributed by atoms with Gasteiger partial charge in [-0.2, -0.15) is 5.26 Å². The van der Waals surface area contributed by atoms with Crippen LogP contribution in [0.1, 0.15) is 24.5 Å². The van der Waals surface area contributed by atoms with Crippen LogP contribution in [0.15, 0.2) is 48.5 Å². The number of benzene rings is 2. The maximum Gasteiger partial charge on any atom is 0.223 e. The van der Waals surface area contributed by atoms with Gasteiger partial charge in [-0.1, -0.05) is 12.1 Å². The second-order valence-corrected chi connectivity index (χ2v) is 5.70. The van der Waals surface area contributed by atoms with E-state index < -0.39 is 0 Å². The molecule has 0 saturated heterocycles. The van der Waals surface area contributed by atoms with Crippen LogP contribution in [0.2, 0.25) is 0 Å². The molecule has 0 bridgehead atoms. The number of nitrogens with zero attached hydrogens (tertiary/aromatic N) is 2. The first kappa shape index (κ1) is 19.0. The summed E-state index contributed by atoms with van der Waals surface area (Å²) in [4.78, 5) is 25.5. The molecule has 6 heteroatoms. The van der Waals surface area contributed by atoms with Crippen LogP contribution in [0.5, 0.6) is 5.75 Å². The zero-order valence-electron chi connectivity index (χ0n) is 14.9. The SMILES string of the molecule is COc1ccc(CNC(=O)CCN(C(C)=O)c2ccc(C#N)cc2)cc1. The fraction of sp³-hybridized carbons (Fsp3) is 0.250. The van der Waals surface area contributed by atoms with E-state index in [0.29, 0.717) is 17.8 Å². The molecule has 0 heterocycles. The molecule has 2 rings (SSSR count). The van der Waals surface area contributed by atoms with Gasteiger partial charge in [-0.25, -0.2) is 0 Å². The van der Waals surface area contributed by atoms with E-state index in [0.717, 1.165) is 11.3 Å². The van der Waals surface area contributed by atoms with Gasteiger partial charge < -0.3 is 15.0 Å². The minimum atomic E-state index is -0.155. The number of nitrogens with one attached hydrogen (secondary N) is 1. The maximum absolute atomic E-state index is 12.1. The number of nitriles is 1. The molecule has 0 unspecified atom stereocenters. The molecule has 6 nitrogen and oxygen atoms in total. The normalized spacial score (nSPS) is 9.88. The Bertz CT molecular complexity index is 793. The number of amides is 2. The van der Waals surface area contributed by atoms with Crippen molar-refractivity contribution in [1.82, 2.24) is 5.32 Å². The van der Waals surface area contributed by atoms with Crippen LogP contribution < -0.4 is 15.0 Å². The van der Waals surface area contributed by atoms with Gasteiger partial charge in [0, 0.05) is 32.1 Å². The fourth-order valence-electron chi connectivity index (χ4n) is 2.43. The Morgan fingerprint density at radius 2 is 1.77 bits per heavy atom. The van der Waals surface area contributed by atoms with Crippen molar-refractivity contribution < 1.29 is 14.3 Å². The highest BCUT2D eigenvalue weighted by molar-refractivity contribution is 5.92. The Kier molecular flexibility index (Phi) is 6.75. The van der Waals surface area contributed by atoms with Gasteiger partial charge in [-0.15, -0.1) is 0 Å². The van der Waals surface area contributed by atoms with Gasteiger partial charge in [-0.3, -0.25) is 9.59 Å². The van der Waals surface area contributed by atoms with Crippen molar-refractivity contribution in [3.63, 3.8) is 0 Å². The zero-order chi connectivity index (χ0) is 18.9. The summed E-state index contributed by atoms with van der Waals surface area (Å²) in [6.45, 7) is 2.14. The van der Waals surface area contributed by atoms with Crippen molar-refractivity contribution in [3.8, 4) is 11.8 Å². The summed E-state index contributed by atoms with van der Waals surface area (Å²) in [5.74, 6) is 0.470. The van der Waals surface area contributed by atoms with Gasteiger partial charge in [-0.05, 0) is 42.0 Å². The van der Waals surface area contributed by atoms with E-state index in [2.05, 4.69) is 5.32 Å². The summed E-state index contributed by atoms with van der Waals surface area (Å²) in [5, 5.41) is 11.7. The number of hydrogen-bond acceptors (Lipinski definition) is 4. The molecular weight excluding hydrogens is 330 g/mol. The second kappa shape index (κ2) is 9.23. The van der Waals surface area contributed by atoms with Crippen LogP contribution in [0.3, 0.4) is 0 Å². The molecule has 0 atom stereocenters. The molecule has 0 aliphatic rings. The number of methoxy groups -OCH3 is 1. The molecule has 1 N–H and O–H groups in total. The van der Waals surface area contributed by atoms with Crippen molar-refractivity contribution in [1.29, 1.82) is 5.26 Å². The predicted octanol–water partition coefficient (Wildman–Crippen LogP) is 2.63. The Morgan fingerprint density at radius 3 is 2.31 bits per heavy atom. The van der Waals surface area contributed by atoms with Gasteiger partial charge in [0.05, 0.1) is 18.7 Å². The van der Waals surface area contributed by atoms with E-state index in [1.807, 2.05) is 30.3 Å². The Morgan fingerprint density at radius 1 is 1.12 bits per heavy atom. The number of hydrogen-bond donors (Lipinski definition) is 1. The minimum Gasteiger partial charge on any atom is -0.497 e. The van der Waals surface area contributed by atoms with Crippen molar-refractivity contribution in [2.24, 2.45) is 0 Å². The molecular formula is C20H21N3O3. The van der Waals surface area contributed by atoms with E-state index in [9.17, 15) is 9.59 Å². The van der Waals surface area contributed by atoms with Gasteiger partial charge in [0.2, 0.25) is 11.8 Å². The third-order valence-electron chi connectivity index (χ3n) is 3.90. The van der Waals surface area contributed by atoms with Crippen molar-refractivity contribution in [3.05, 3.63) is 59.7 Å². The molecule has 2 amide bonds. The van der Waals surface area contributed by atoms with E-state index in [-0.39, 0.29) is 24.8 Å². The van der Waals surface area contributed by atoms with Gasteiger partial charge >= 0.3 is 0 Å². The molecule has 0 saturated carbocycles. The van der Waals surface area contributed by atoms with E-state index in [4.69, 9.17) is 10.00 Å². The van der Waals surface area contributed by atoms with E-state index in [1.54, 1.807) is 31.4 Å². The molecule has 0 spiro atoms. The standard InChI is InChI=1S/C20H21N3O3/c1-15(24)23(18-7-3-16(13-21)4-8-18)12-11-20(25)22-14-17-5-9-19(26-2)10-6-17/h3-10H,11-12,14H2,1-2H3,(H,22,25). The first-order valence-electron chi connectivity index (χ1n) is 8.21. The van der Waals surface area contributed by atoms with Crippen LogP contribution in [-0.2, 0) is 16.1 Å². The van der Waals surface area contributed by atoms with E-state index in [1.165, 1.54) is 11.8 Å². The van der Waals surface area contributed by atoms with Crippen LogP contribution >= 0.6 is 0 Å². The fourth-order valence-corrected chi connectivity index (χ4v) is 2.43. The van der Waals surface area contributed by atoms with Crippen molar-refractivity contribution in [2.45, 2.75) is 19.9 Å². The lowest BCUT2D eigenvalue weighted by Crippen LogP contribution is -2.33. The van der Waals surface area contributed by atoms with Crippen molar-refractivity contribution in [2.75, 3.05) is 18.6 Å². The van der Waals surface area contributed by atoms with Crippen LogP contribution in [0, 0.1) is 11.3 Å². The number of ether oxygens (including phenoxy) is 1. The van der Waals surface area contributed by atoms with Crippen LogP contribution in [0.4, 0.5) is 5.69 Å². The lowest BCUT2D eigenvalue weighted by Gasteiger charge is -2.21. The summed E-state index contributed by atoms with van der Waals surface area (Å²) in [5.41, 5.74) is 2.16. The first-order valence-corrected chi connectivity index (χ1v) is 8.21. The molecule has 0 fully saturated rings. The number of carbonyl (C=O) groups excluding carboxylic acids is 2. The molecule has 0 radical (unpaired) electrons. The molecule has 26 heavy (non-hydrogen) atoms. The number of rotatable bonds is 7. The minimum absolute atomic E-state index is 0.138. The Labute approximate surface area is 153 Å². The highest BCUT2D eigenvalue weighted by atomic mass is 16.5. The largest absolute Gasteiger partial charge is 0.497 e. The maximum atomic E-state index is 12.1. The summed E-state index contributed by atoms with van der Waals surface area (Å²) in [6, 6.07) is 16.2. The quantitative estimate of drug-likeness (QED) is 0.831. The first-order chi connectivity index (χ1) is 12.5. The third kappa shape index (κ3) is 5.35. The number of carbonyl (C=O) groups is 2. The Balaban J connectivity index is 1.88. The highest BCUT2D eigenvalue weighted by Gasteiger charge is 2.13. The number of anilines is 1. The second-order valence-electron chi connectivity index (χ2n) is 5.70. The monoisotopic (exact) mass is 351 g/mol. The average Bonchev–Trinajstić information content (AvgIpc) is 2.67. The molecule has 0 aliphatic carbocycles. The summed E-state index contributed by atoms with van der Waals surface area (Å²) >= 11 is 0. The molecule has 2 aromatic carbocycles. The molecule has 2 aromatic rings. The van der Waals surface area contributed by atoms with Gasteiger partial charge in [0.1, 0.15) is 5.75 Å². The summed E-state index contributed by atoms with van der Waals surface area (Å²) < 4.78 is 5.10. The Hall–Kier alpha value is -3.33. The van der Waals surface area contributed by atoms with Gasteiger partial charge in [0.15, 0.2) is 0 Å². The van der Waals surface area contributed by atoms with Crippen LogP contribution in [0.25, 0.3) is 0 Å². The third-order valence-corrected chi connectivity index (χ3v) is 3.90. The summed E-state index contributed by atoms with van der Waals surface area (Å²) in [6.07, 6.45) is 0.190.